The number of aromatic nitrogens is 2. The van der Waals surface area contributed by atoms with Crippen LogP contribution in [0.4, 0.5) is 10.1 Å². The number of hydrogen-bond donors (Lipinski definition) is 2. The zero-order chi connectivity index (χ0) is 28.3. The van der Waals surface area contributed by atoms with Crippen LogP contribution >= 0.6 is 0 Å². The second-order valence-electron chi connectivity index (χ2n) is 10.5. The highest BCUT2D eigenvalue weighted by molar-refractivity contribution is 5.92. The quantitative estimate of drug-likeness (QED) is 0.287. The first-order chi connectivity index (χ1) is 19.9. The minimum atomic E-state index is -0.953. The average Bonchev–Trinajstić information content (AvgIpc) is 3.53. The van der Waals surface area contributed by atoms with Gasteiger partial charge < -0.3 is 24.5 Å². The van der Waals surface area contributed by atoms with Crippen LogP contribution in [0.1, 0.15) is 40.2 Å². The van der Waals surface area contributed by atoms with E-state index in [0.717, 1.165) is 55.1 Å². The molecular weight excluding hydrogens is 525 g/mol. The molecule has 2 fully saturated rings. The molecule has 0 spiro atoms. The third-order valence-electron chi connectivity index (χ3n) is 7.67. The molecule has 3 heterocycles. The Bertz CT molecular complexity index is 1630. The number of imidazole rings is 1. The van der Waals surface area contributed by atoms with Crippen molar-refractivity contribution in [1.82, 2.24) is 14.5 Å². The first-order valence-electron chi connectivity index (χ1n) is 13.7. The van der Waals surface area contributed by atoms with E-state index in [1.165, 1.54) is 6.07 Å². The molecule has 0 saturated carbocycles. The topological polar surface area (TPSA) is 113 Å². The normalized spacial score (nSPS) is 18.6. The van der Waals surface area contributed by atoms with Crippen LogP contribution < -0.4 is 10.1 Å². The first-order valence-corrected chi connectivity index (χ1v) is 13.7. The molecule has 10 heteroatoms. The number of nitrogens with zero attached hydrogens (tertiary/aromatic N) is 4. The number of likely N-dealkylation sites (tertiary alicyclic amines) is 1. The molecule has 41 heavy (non-hydrogen) atoms. The van der Waals surface area contributed by atoms with E-state index >= 15 is 0 Å². The Morgan fingerprint density at radius 2 is 2.07 bits per heavy atom. The number of hydrogen-bond acceptors (Lipinski definition) is 7. The van der Waals surface area contributed by atoms with Crippen LogP contribution in [0.15, 0.2) is 60.7 Å². The summed E-state index contributed by atoms with van der Waals surface area (Å²) in [6.45, 7) is 3.86. The van der Waals surface area contributed by atoms with E-state index in [1.807, 2.05) is 30.3 Å². The number of anilines is 1. The third kappa shape index (κ3) is 6.01. The van der Waals surface area contributed by atoms with Crippen LogP contribution in [0.2, 0.25) is 0 Å². The number of nitriles is 1. The van der Waals surface area contributed by atoms with Gasteiger partial charge in [-0.05, 0) is 55.3 Å². The van der Waals surface area contributed by atoms with Gasteiger partial charge in [0.2, 0.25) is 0 Å². The Hall–Kier alpha value is -4.46. The summed E-state index contributed by atoms with van der Waals surface area (Å²) in [5, 5.41) is 22.0. The minimum absolute atomic E-state index is 0.0685. The lowest BCUT2D eigenvalue weighted by Gasteiger charge is -2.28. The molecule has 0 aliphatic carbocycles. The molecule has 9 nitrogen and oxygen atoms in total. The molecule has 6 rings (SSSR count). The van der Waals surface area contributed by atoms with E-state index in [0.29, 0.717) is 24.4 Å². The van der Waals surface area contributed by atoms with Crippen LogP contribution in [-0.2, 0) is 24.4 Å². The molecule has 0 bridgehead atoms. The number of ether oxygens (including phenoxy) is 2. The summed E-state index contributed by atoms with van der Waals surface area (Å²) >= 11 is 0. The fourth-order valence-electron chi connectivity index (χ4n) is 5.36. The number of carbonyl (C=O) groups is 1. The highest BCUT2D eigenvalue weighted by atomic mass is 19.1. The predicted octanol–water partition coefficient (Wildman–Crippen LogP) is 4.80. The summed E-state index contributed by atoms with van der Waals surface area (Å²) in [7, 11) is 0. The minimum Gasteiger partial charge on any atom is -0.489 e. The van der Waals surface area contributed by atoms with Crippen LogP contribution in [0.5, 0.6) is 5.75 Å². The van der Waals surface area contributed by atoms with E-state index in [2.05, 4.69) is 14.8 Å². The zero-order valence-corrected chi connectivity index (χ0v) is 22.4. The van der Waals surface area contributed by atoms with Crippen molar-refractivity contribution in [3.63, 3.8) is 0 Å². The second kappa shape index (κ2) is 11.6. The Kier molecular flexibility index (Phi) is 7.55. The number of rotatable bonds is 10. The van der Waals surface area contributed by atoms with Gasteiger partial charge in [0.05, 0.1) is 47.4 Å². The van der Waals surface area contributed by atoms with Gasteiger partial charge in [-0.25, -0.2) is 14.2 Å². The van der Waals surface area contributed by atoms with Gasteiger partial charge in [-0.3, -0.25) is 4.90 Å². The van der Waals surface area contributed by atoms with Crippen molar-refractivity contribution >= 4 is 22.7 Å². The van der Waals surface area contributed by atoms with E-state index < -0.39 is 11.8 Å². The SMILES string of the molecule is N#Cc1ccc(COc2cccc(N[C@H]3CCN(Cc4nc5ccc(C(=O)O)cc5n4C[C@@H]4CCO4)C3)c2)c(F)c1. The lowest BCUT2D eigenvalue weighted by molar-refractivity contribution is -0.0591. The lowest BCUT2D eigenvalue weighted by atomic mass is 10.1. The van der Waals surface area contributed by atoms with Crippen LogP contribution in [-0.4, -0.2) is 57.4 Å². The molecule has 2 saturated heterocycles. The molecule has 1 aromatic heterocycles. The van der Waals surface area contributed by atoms with Crippen LogP contribution in [0, 0.1) is 17.1 Å². The molecule has 0 radical (unpaired) electrons. The van der Waals surface area contributed by atoms with E-state index in [-0.39, 0.29) is 29.9 Å². The van der Waals surface area contributed by atoms with Crippen molar-refractivity contribution < 1.29 is 23.8 Å². The van der Waals surface area contributed by atoms with Gasteiger partial charge in [0, 0.05) is 43.1 Å². The fraction of sp³-hybridized carbons (Fsp3) is 0.323. The number of benzene rings is 3. The maximum Gasteiger partial charge on any atom is 0.335 e. The van der Waals surface area contributed by atoms with E-state index in [9.17, 15) is 14.3 Å². The molecule has 2 aliphatic heterocycles. The molecule has 0 amide bonds. The number of nitrogens with one attached hydrogen (secondary N) is 1. The Morgan fingerprint density at radius 3 is 2.83 bits per heavy atom. The molecule has 2 N–H and O–H groups in total. The summed E-state index contributed by atoms with van der Waals surface area (Å²) in [6.07, 6.45) is 2.06. The van der Waals surface area contributed by atoms with E-state index in [4.69, 9.17) is 19.7 Å². The monoisotopic (exact) mass is 555 g/mol. The molecule has 0 unspecified atom stereocenters. The van der Waals surface area contributed by atoms with Crippen molar-refractivity contribution in [2.24, 2.45) is 0 Å². The summed E-state index contributed by atoms with van der Waals surface area (Å²) in [5.41, 5.74) is 3.45. The highest BCUT2D eigenvalue weighted by Crippen LogP contribution is 2.26. The number of carboxylic acid groups (broad SMARTS) is 1. The summed E-state index contributed by atoms with van der Waals surface area (Å²) in [6, 6.07) is 19.2. The average molecular weight is 556 g/mol. The maximum atomic E-state index is 14.2. The first kappa shape index (κ1) is 26.7. The van der Waals surface area contributed by atoms with Gasteiger partial charge >= 0.3 is 5.97 Å². The second-order valence-corrected chi connectivity index (χ2v) is 10.5. The van der Waals surface area contributed by atoms with E-state index in [1.54, 1.807) is 30.3 Å². The smallest absolute Gasteiger partial charge is 0.335 e. The molecule has 4 aromatic rings. The summed E-state index contributed by atoms with van der Waals surface area (Å²) < 4.78 is 27.8. The van der Waals surface area contributed by atoms with Crippen molar-refractivity contribution in [3.8, 4) is 11.8 Å². The highest BCUT2D eigenvalue weighted by Gasteiger charge is 2.27. The third-order valence-corrected chi connectivity index (χ3v) is 7.67. The number of fused-ring (bicyclic) bond motifs is 1. The van der Waals surface area contributed by atoms with Gasteiger partial charge in [-0.15, -0.1) is 0 Å². The summed E-state index contributed by atoms with van der Waals surface area (Å²) in [4.78, 5) is 18.8. The number of aromatic carboxylic acids is 1. The molecular formula is C31H30FN5O4. The number of carboxylic acids is 1. The standard InChI is InChI=1S/C31H30FN5O4/c32-27-12-20(15-33)4-5-22(27)19-41-25-3-1-2-23(14-25)34-24-8-10-36(16-24)18-30-35-28-7-6-21(31(38)39)13-29(28)37(30)17-26-9-11-40-26/h1-7,12-14,24,26,34H,8-11,16-19H2,(H,38,39)/t24-,26-/m0/s1. The van der Waals surface area contributed by atoms with Crippen molar-refractivity contribution in [3.05, 3.63) is 89.0 Å². The maximum absolute atomic E-state index is 14.2. The Morgan fingerprint density at radius 1 is 1.20 bits per heavy atom. The van der Waals surface area contributed by atoms with Crippen molar-refractivity contribution in [2.75, 3.05) is 25.0 Å². The summed E-state index contributed by atoms with van der Waals surface area (Å²) in [5.74, 6) is 0.122. The molecule has 2 atom stereocenters. The number of halogens is 1. The fourth-order valence-corrected chi connectivity index (χ4v) is 5.36. The van der Waals surface area contributed by atoms with Gasteiger partial charge in [0.25, 0.3) is 0 Å². The van der Waals surface area contributed by atoms with Gasteiger partial charge in [0.15, 0.2) is 0 Å². The van der Waals surface area contributed by atoms with Crippen LogP contribution in [0.25, 0.3) is 11.0 Å². The largest absolute Gasteiger partial charge is 0.489 e. The molecule has 210 valence electrons. The molecule has 2 aliphatic rings. The Balaban J connectivity index is 1.09. The van der Waals surface area contributed by atoms with Gasteiger partial charge in [0.1, 0.15) is 24.0 Å². The molecule has 3 aromatic carbocycles. The predicted molar refractivity (Wildman–Crippen MR) is 150 cm³/mol. The van der Waals surface area contributed by atoms with Gasteiger partial charge in [-0.1, -0.05) is 12.1 Å². The van der Waals surface area contributed by atoms with Crippen LogP contribution in [0.3, 0.4) is 0 Å². The van der Waals surface area contributed by atoms with Crippen molar-refractivity contribution in [2.45, 2.75) is 44.7 Å². The van der Waals surface area contributed by atoms with Crippen molar-refractivity contribution in [1.29, 1.82) is 5.26 Å². The van der Waals surface area contributed by atoms with Gasteiger partial charge in [-0.2, -0.15) is 5.26 Å². The lowest BCUT2D eigenvalue weighted by Crippen LogP contribution is -2.33. The Labute approximate surface area is 236 Å². The zero-order valence-electron chi connectivity index (χ0n) is 22.4.